The molecule has 2 unspecified atom stereocenters. The van der Waals surface area contributed by atoms with E-state index in [1.165, 1.54) is 32.1 Å². The molecule has 16 heavy (non-hydrogen) atoms. The molecule has 3 nitrogen and oxygen atoms in total. The van der Waals surface area contributed by atoms with Gasteiger partial charge in [0.2, 0.25) is 0 Å². The molecule has 0 bridgehead atoms. The second-order valence-electron chi connectivity index (χ2n) is 5.61. The highest BCUT2D eigenvalue weighted by atomic mass is 16.3. The lowest BCUT2D eigenvalue weighted by Crippen LogP contribution is -2.39. The fraction of sp³-hybridized carbons (Fsp3) is 1.00. The Kier molecular flexibility index (Phi) is 6.32. The summed E-state index contributed by atoms with van der Waals surface area (Å²) < 4.78 is 0. The molecule has 1 saturated carbocycles. The zero-order chi connectivity index (χ0) is 12.0. The number of aliphatic hydroxyl groups excluding tert-OH is 1. The molecule has 2 N–H and O–H groups in total. The third-order valence-electron chi connectivity index (χ3n) is 3.44. The van der Waals surface area contributed by atoms with Crippen molar-refractivity contribution in [2.24, 2.45) is 5.92 Å². The molecule has 0 heterocycles. The number of rotatable bonds is 7. The summed E-state index contributed by atoms with van der Waals surface area (Å²) in [6, 6.07) is 0.542. The summed E-state index contributed by atoms with van der Waals surface area (Å²) in [4.78, 5) is 2.02. The Morgan fingerprint density at radius 1 is 1.31 bits per heavy atom. The number of aliphatic hydroxyl groups is 1. The molecule has 1 fully saturated rings. The maximum atomic E-state index is 9.73. The van der Waals surface area contributed by atoms with Gasteiger partial charge in [0.05, 0.1) is 6.10 Å². The van der Waals surface area contributed by atoms with E-state index in [1.54, 1.807) is 0 Å². The van der Waals surface area contributed by atoms with Crippen LogP contribution in [0.1, 0.15) is 39.0 Å². The highest BCUT2D eigenvalue weighted by Gasteiger charge is 2.18. The van der Waals surface area contributed by atoms with Gasteiger partial charge in [-0.25, -0.2) is 0 Å². The van der Waals surface area contributed by atoms with E-state index < -0.39 is 0 Å². The predicted molar refractivity (Wildman–Crippen MR) is 68.6 cm³/mol. The smallest absolute Gasteiger partial charge is 0.0791 e. The third kappa shape index (κ3) is 5.83. The van der Waals surface area contributed by atoms with E-state index in [0.29, 0.717) is 12.6 Å². The molecule has 1 aliphatic carbocycles. The minimum Gasteiger partial charge on any atom is -0.390 e. The van der Waals surface area contributed by atoms with Crippen LogP contribution in [-0.2, 0) is 0 Å². The molecule has 0 radical (unpaired) electrons. The van der Waals surface area contributed by atoms with Gasteiger partial charge >= 0.3 is 0 Å². The molecule has 0 amide bonds. The lowest BCUT2D eigenvalue weighted by Gasteiger charge is -2.21. The normalized spacial score (nSPS) is 21.6. The summed E-state index contributed by atoms with van der Waals surface area (Å²) in [5.74, 6) is 0.925. The monoisotopic (exact) mass is 228 g/mol. The van der Waals surface area contributed by atoms with Gasteiger partial charge in [0.15, 0.2) is 0 Å². The Hall–Kier alpha value is -0.120. The first-order valence-electron chi connectivity index (χ1n) is 6.64. The minimum atomic E-state index is -0.249. The number of nitrogens with zero attached hydrogens (tertiary/aromatic N) is 1. The Bertz CT molecular complexity index is 179. The maximum absolute atomic E-state index is 9.73. The van der Waals surface area contributed by atoms with Crippen molar-refractivity contribution in [2.45, 2.75) is 51.2 Å². The van der Waals surface area contributed by atoms with Crippen LogP contribution in [0.25, 0.3) is 0 Å². The lowest BCUT2D eigenvalue weighted by atomic mass is 9.99. The first kappa shape index (κ1) is 13.9. The molecule has 0 aromatic rings. The van der Waals surface area contributed by atoms with Gasteiger partial charge in [-0.05, 0) is 33.4 Å². The summed E-state index contributed by atoms with van der Waals surface area (Å²) in [5, 5.41) is 13.2. The second-order valence-corrected chi connectivity index (χ2v) is 5.61. The van der Waals surface area contributed by atoms with E-state index in [2.05, 4.69) is 12.2 Å². The highest BCUT2D eigenvalue weighted by Crippen LogP contribution is 2.28. The minimum absolute atomic E-state index is 0.249. The first-order valence-corrected chi connectivity index (χ1v) is 6.64. The predicted octanol–water partition coefficient (Wildman–Crippen LogP) is 1.47. The van der Waals surface area contributed by atoms with E-state index in [0.717, 1.165) is 12.5 Å². The van der Waals surface area contributed by atoms with Crippen LogP contribution >= 0.6 is 0 Å². The Labute approximate surface area is 100 Å². The standard InChI is InChI=1S/C13H28N2O/c1-11(8-12-6-4-5-7-12)14-9-13(16)10-15(2)3/h11-14,16H,4-10H2,1-3H3. The number of hydrogen-bond donors (Lipinski definition) is 2. The molecule has 96 valence electrons. The van der Waals surface area contributed by atoms with E-state index in [1.807, 2.05) is 19.0 Å². The molecular weight excluding hydrogens is 200 g/mol. The zero-order valence-electron chi connectivity index (χ0n) is 11.1. The van der Waals surface area contributed by atoms with Crippen molar-refractivity contribution >= 4 is 0 Å². The quantitative estimate of drug-likeness (QED) is 0.692. The van der Waals surface area contributed by atoms with Crippen LogP contribution in [0.3, 0.4) is 0 Å². The number of likely N-dealkylation sites (N-methyl/N-ethyl adjacent to an activating group) is 1. The summed E-state index contributed by atoms with van der Waals surface area (Å²) in [6.07, 6.45) is 6.68. The van der Waals surface area contributed by atoms with Crippen molar-refractivity contribution in [1.82, 2.24) is 10.2 Å². The van der Waals surface area contributed by atoms with Gasteiger partial charge in [-0.2, -0.15) is 0 Å². The van der Waals surface area contributed by atoms with Crippen molar-refractivity contribution in [3.63, 3.8) is 0 Å². The van der Waals surface area contributed by atoms with Gasteiger partial charge in [0.25, 0.3) is 0 Å². The zero-order valence-corrected chi connectivity index (χ0v) is 11.1. The number of hydrogen-bond acceptors (Lipinski definition) is 3. The largest absolute Gasteiger partial charge is 0.390 e. The molecule has 1 aliphatic rings. The molecule has 0 spiro atoms. The molecule has 0 aromatic carbocycles. The summed E-state index contributed by atoms with van der Waals surface area (Å²) in [6.45, 7) is 3.69. The second kappa shape index (κ2) is 7.25. The summed E-state index contributed by atoms with van der Waals surface area (Å²) >= 11 is 0. The molecule has 3 heteroatoms. The first-order chi connectivity index (χ1) is 7.58. The van der Waals surface area contributed by atoms with Crippen LogP contribution in [0.15, 0.2) is 0 Å². The average molecular weight is 228 g/mol. The van der Waals surface area contributed by atoms with Gasteiger partial charge in [0.1, 0.15) is 0 Å². The lowest BCUT2D eigenvalue weighted by molar-refractivity contribution is 0.130. The Balaban J connectivity index is 2.06. The third-order valence-corrected chi connectivity index (χ3v) is 3.44. The van der Waals surface area contributed by atoms with Crippen LogP contribution in [0.4, 0.5) is 0 Å². The van der Waals surface area contributed by atoms with Crippen LogP contribution in [0.5, 0.6) is 0 Å². The van der Waals surface area contributed by atoms with Crippen molar-refractivity contribution < 1.29 is 5.11 Å². The van der Waals surface area contributed by atoms with Gasteiger partial charge < -0.3 is 15.3 Å². The number of nitrogens with one attached hydrogen (secondary N) is 1. The van der Waals surface area contributed by atoms with Crippen LogP contribution in [0, 0.1) is 5.92 Å². The summed E-state index contributed by atoms with van der Waals surface area (Å²) in [7, 11) is 3.98. The Morgan fingerprint density at radius 3 is 2.50 bits per heavy atom. The van der Waals surface area contributed by atoms with E-state index in [-0.39, 0.29) is 6.10 Å². The van der Waals surface area contributed by atoms with Gasteiger partial charge in [0, 0.05) is 19.1 Å². The molecule has 0 aliphatic heterocycles. The fourth-order valence-electron chi connectivity index (χ4n) is 2.65. The van der Waals surface area contributed by atoms with Crippen molar-refractivity contribution in [3.8, 4) is 0 Å². The van der Waals surface area contributed by atoms with Crippen molar-refractivity contribution in [1.29, 1.82) is 0 Å². The topological polar surface area (TPSA) is 35.5 Å². The van der Waals surface area contributed by atoms with Gasteiger partial charge in [-0.15, -0.1) is 0 Å². The molecular formula is C13H28N2O. The maximum Gasteiger partial charge on any atom is 0.0791 e. The van der Waals surface area contributed by atoms with Crippen LogP contribution in [0.2, 0.25) is 0 Å². The fourth-order valence-corrected chi connectivity index (χ4v) is 2.65. The molecule has 1 rings (SSSR count). The molecule has 0 aromatic heterocycles. The van der Waals surface area contributed by atoms with E-state index in [9.17, 15) is 5.11 Å². The van der Waals surface area contributed by atoms with Gasteiger partial charge in [-0.3, -0.25) is 0 Å². The average Bonchev–Trinajstić information content (AvgIpc) is 2.66. The van der Waals surface area contributed by atoms with E-state index >= 15 is 0 Å². The van der Waals surface area contributed by atoms with Crippen LogP contribution < -0.4 is 5.32 Å². The van der Waals surface area contributed by atoms with E-state index in [4.69, 9.17) is 0 Å². The Morgan fingerprint density at radius 2 is 1.94 bits per heavy atom. The van der Waals surface area contributed by atoms with Crippen molar-refractivity contribution in [2.75, 3.05) is 27.2 Å². The van der Waals surface area contributed by atoms with Crippen molar-refractivity contribution in [3.05, 3.63) is 0 Å². The molecule has 2 atom stereocenters. The highest BCUT2D eigenvalue weighted by molar-refractivity contribution is 4.74. The van der Waals surface area contributed by atoms with Gasteiger partial charge in [-0.1, -0.05) is 25.7 Å². The molecule has 0 saturated heterocycles. The SMILES string of the molecule is CC(CC1CCCC1)NCC(O)CN(C)C. The van der Waals surface area contributed by atoms with Crippen LogP contribution in [-0.4, -0.2) is 49.3 Å². The summed E-state index contributed by atoms with van der Waals surface area (Å²) in [5.41, 5.74) is 0.